The first-order chi connectivity index (χ1) is 9.53. The van der Waals surface area contributed by atoms with Crippen LogP contribution in [0.15, 0.2) is 12.1 Å². The highest BCUT2D eigenvalue weighted by Gasteiger charge is 2.53. The van der Waals surface area contributed by atoms with Crippen LogP contribution in [0.2, 0.25) is 0 Å². The first-order valence-corrected chi connectivity index (χ1v) is 6.51. The fraction of sp³-hybridized carbons (Fsp3) is 0.600. The Balaban J connectivity index is 3.65. The zero-order chi connectivity index (χ0) is 17.7. The van der Waals surface area contributed by atoms with Crippen LogP contribution in [-0.2, 0) is 11.0 Å². The van der Waals surface area contributed by atoms with Crippen LogP contribution in [0.4, 0.5) is 26.3 Å². The van der Waals surface area contributed by atoms with Gasteiger partial charge in [0.05, 0.1) is 5.41 Å². The molecule has 0 saturated heterocycles. The predicted molar refractivity (Wildman–Crippen MR) is 70.6 cm³/mol. The van der Waals surface area contributed by atoms with Crippen LogP contribution in [0.25, 0.3) is 0 Å². The molecular formula is C15H18F6O. The van der Waals surface area contributed by atoms with E-state index in [0.29, 0.717) is 6.92 Å². The third-order valence-corrected chi connectivity index (χ3v) is 4.03. The van der Waals surface area contributed by atoms with Crippen molar-refractivity contribution in [3.05, 3.63) is 34.4 Å². The van der Waals surface area contributed by atoms with E-state index in [-0.39, 0.29) is 16.7 Å². The Morgan fingerprint density at radius 3 is 1.50 bits per heavy atom. The van der Waals surface area contributed by atoms with Crippen molar-refractivity contribution >= 4 is 0 Å². The van der Waals surface area contributed by atoms with Crippen LogP contribution in [0.3, 0.4) is 0 Å². The Morgan fingerprint density at radius 2 is 1.14 bits per heavy atom. The Morgan fingerprint density at radius 1 is 0.727 bits per heavy atom. The summed E-state index contributed by atoms with van der Waals surface area (Å²) in [5.41, 5.74) is -6.10. The third-order valence-electron chi connectivity index (χ3n) is 4.03. The molecule has 0 aromatic heterocycles. The molecule has 0 saturated carbocycles. The van der Waals surface area contributed by atoms with Crippen molar-refractivity contribution in [2.24, 2.45) is 0 Å². The second-order valence-electron chi connectivity index (χ2n) is 6.17. The molecule has 0 aliphatic heterocycles. The molecule has 0 aliphatic rings. The molecule has 1 N–H and O–H groups in total. The fourth-order valence-electron chi connectivity index (χ4n) is 2.36. The van der Waals surface area contributed by atoms with Gasteiger partial charge in [0, 0.05) is 0 Å². The van der Waals surface area contributed by atoms with Crippen molar-refractivity contribution in [3.8, 4) is 0 Å². The molecule has 22 heavy (non-hydrogen) atoms. The minimum Gasteiger partial charge on any atom is -0.376 e. The van der Waals surface area contributed by atoms with E-state index in [1.54, 1.807) is 0 Å². The number of hydrogen-bond donors (Lipinski definition) is 1. The Hall–Kier alpha value is -1.24. The topological polar surface area (TPSA) is 20.2 Å². The Kier molecular flexibility index (Phi) is 4.40. The lowest BCUT2D eigenvalue weighted by Crippen LogP contribution is -2.41. The number of hydrogen-bond acceptors (Lipinski definition) is 1. The Labute approximate surface area is 125 Å². The molecular weight excluding hydrogens is 310 g/mol. The van der Waals surface area contributed by atoms with E-state index in [0.717, 1.165) is 19.9 Å². The lowest BCUT2D eigenvalue weighted by molar-refractivity contribution is -0.259. The van der Waals surface area contributed by atoms with E-state index >= 15 is 0 Å². The summed E-state index contributed by atoms with van der Waals surface area (Å²) < 4.78 is 78.5. The van der Waals surface area contributed by atoms with Gasteiger partial charge >= 0.3 is 12.4 Å². The number of benzene rings is 1. The van der Waals surface area contributed by atoms with Crippen LogP contribution in [0, 0.1) is 13.8 Å². The maximum absolute atomic E-state index is 13.2. The molecule has 1 unspecified atom stereocenters. The lowest BCUT2D eigenvalue weighted by atomic mass is 9.77. The lowest BCUT2D eigenvalue weighted by Gasteiger charge is -2.33. The smallest absolute Gasteiger partial charge is 0.376 e. The van der Waals surface area contributed by atoms with E-state index in [9.17, 15) is 31.4 Å². The molecule has 1 aromatic carbocycles. The minimum absolute atomic E-state index is 0.0848. The van der Waals surface area contributed by atoms with Crippen molar-refractivity contribution in [2.45, 2.75) is 58.0 Å². The van der Waals surface area contributed by atoms with Crippen LogP contribution in [0.1, 0.15) is 43.0 Å². The molecule has 7 heteroatoms. The Bertz CT molecular complexity index is 519. The van der Waals surface area contributed by atoms with Gasteiger partial charge in [-0.3, -0.25) is 0 Å². The van der Waals surface area contributed by atoms with Gasteiger partial charge in [-0.05, 0) is 56.9 Å². The number of rotatable bonds is 2. The SMILES string of the molecule is Cc1cc(C)c(C(C)(O)C(F)(F)F)cc1C(C)(C)C(F)(F)F. The molecule has 0 heterocycles. The molecule has 126 valence electrons. The second-order valence-corrected chi connectivity index (χ2v) is 6.17. The normalized spacial score (nSPS) is 16.5. The van der Waals surface area contributed by atoms with E-state index in [1.165, 1.54) is 19.9 Å². The average molecular weight is 328 g/mol. The van der Waals surface area contributed by atoms with Gasteiger partial charge in [0.25, 0.3) is 0 Å². The quantitative estimate of drug-likeness (QED) is 0.765. The van der Waals surface area contributed by atoms with Crippen LogP contribution >= 0.6 is 0 Å². The molecule has 0 aliphatic carbocycles. The summed E-state index contributed by atoms with van der Waals surface area (Å²) in [6.07, 6.45) is -9.62. The van der Waals surface area contributed by atoms with Crippen molar-refractivity contribution in [2.75, 3.05) is 0 Å². The molecule has 1 nitrogen and oxygen atoms in total. The predicted octanol–water partition coefficient (Wildman–Crippen LogP) is 4.91. The molecule has 0 fully saturated rings. The van der Waals surface area contributed by atoms with E-state index in [2.05, 4.69) is 0 Å². The monoisotopic (exact) mass is 328 g/mol. The van der Waals surface area contributed by atoms with E-state index in [4.69, 9.17) is 0 Å². The minimum atomic E-state index is -4.99. The summed E-state index contributed by atoms with van der Waals surface area (Å²) in [5.74, 6) is 0. The van der Waals surface area contributed by atoms with Gasteiger partial charge in [-0.2, -0.15) is 26.3 Å². The highest BCUT2D eigenvalue weighted by Crippen LogP contribution is 2.45. The number of aryl methyl sites for hydroxylation is 2. The number of alkyl halides is 6. The first-order valence-electron chi connectivity index (χ1n) is 6.51. The average Bonchev–Trinajstić information content (AvgIpc) is 2.24. The summed E-state index contributed by atoms with van der Waals surface area (Å²) in [6.45, 7) is 5.07. The van der Waals surface area contributed by atoms with Gasteiger partial charge < -0.3 is 5.11 Å². The van der Waals surface area contributed by atoms with E-state index in [1.807, 2.05) is 0 Å². The van der Waals surface area contributed by atoms with Gasteiger partial charge in [-0.25, -0.2) is 0 Å². The maximum Gasteiger partial charge on any atom is 0.421 e. The summed E-state index contributed by atoms with van der Waals surface area (Å²) in [7, 11) is 0. The molecule has 1 atom stereocenters. The van der Waals surface area contributed by atoms with Crippen LogP contribution in [0.5, 0.6) is 0 Å². The van der Waals surface area contributed by atoms with Crippen molar-refractivity contribution in [1.29, 1.82) is 0 Å². The summed E-state index contributed by atoms with van der Waals surface area (Å²) in [6, 6.07) is 2.05. The molecule has 1 rings (SSSR count). The molecule has 0 spiro atoms. The largest absolute Gasteiger partial charge is 0.421 e. The maximum atomic E-state index is 13.2. The summed E-state index contributed by atoms with van der Waals surface area (Å²) in [5, 5.41) is 9.78. The molecule has 1 aromatic rings. The first kappa shape index (κ1) is 18.8. The van der Waals surface area contributed by atoms with E-state index < -0.39 is 28.9 Å². The third kappa shape index (κ3) is 2.95. The highest BCUT2D eigenvalue weighted by atomic mass is 19.4. The zero-order valence-electron chi connectivity index (χ0n) is 12.9. The molecule has 0 radical (unpaired) electrons. The van der Waals surface area contributed by atoms with Crippen molar-refractivity contribution < 1.29 is 31.4 Å². The van der Waals surface area contributed by atoms with Crippen LogP contribution < -0.4 is 0 Å². The van der Waals surface area contributed by atoms with Gasteiger partial charge in [0.15, 0.2) is 5.60 Å². The highest BCUT2D eigenvalue weighted by molar-refractivity contribution is 5.44. The summed E-state index contributed by atoms with van der Waals surface area (Å²) in [4.78, 5) is 0. The van der Waals surface area contributed by atoms with Gasteiger partial charge in [0.1, 0.15) is 0 Å². The second kappa shape index (κ2) is 5.15. The van der Waals surface area contributed by atoms with Crippen molar-refractivity contribution in [3.63, 3.8) is 0 Å². The fourth-order valence-corrected chi connectivity index (χ4v) is 2.36. The van der Waals surface area contributed by atoms with Gasteiger partial charge in [0.2, 0.25) is 0 Å². The summed E-state index contributed by atoms with van der Waals surface area (Å²) >= 11 is 0. The van der Waals surface area contributed by atoms with Crippen molar-refractivity contribution in [1.82, 2.24) is 0 Å². The zero-order valence-corrected chi connectivity index (χ0v) is 12.9. The number of aliphatic hydroxyl groups is 1. The van der Waals surface area contributed by atoms with Gasteiger partial charge in [-0.1, -0.05) is 12.1 Å². The molecule has 0 bridgehead atoms. The number of halogens is 6. The standard InChI is InChI=1S/C15H18F6O/c1-8-6-9(2)11(13(5,22)15(19,20)21)7-10(8)12(3,4)14(16,17)18/h6-7,22H,1-5H3. The molecule has 0 amide bonds. The van der Waals surface area contributed by atoms with Gasteiger partial charge in [-0.15, -0.1) is 0 Å². The van der Waals surface area contributed by atoms with Crippen LogP contribution in [-0.4, -0.2) is 17.5 Å².